The monoisotopic (exact) mass is 254 g/mol. The van der Waals surface area contributed by atoms with E-state index in [-0.39, 0.29) is 0 Å². The van der Waals surface area contributed by atoms with Crippen molar-refractivity contribution in [2.24, 2.45) is 0 Å². The maximum Gasteiger partial charge on any atom is 0.345 e. The largest absolute Gasteiger partial charge is 0.477 e. The van der Waals surface area contributed by atoms with Crippen LogP contribution in [0.3, 0.4) is 0 Å². The normalized spacial score (nSPS) is 10.6. The molecule has 3 nitrogen and oxygen atoms in total. The first-order valence-electron chi connectivity index (χ1n) is 4.65. The van der Waals surface area contributed by atoms with E-state index in [9.17, 15) is 4.79 Å². The predicted octanol–water partition coefficient (Wildman–Crippen LogP) is 3.64. The summed E-state index contributed by atoms with van der Waals surface area (Å²) in [5, 5.41) is 10.6. The van der Waals surface area contributed by atoms with Gasteiger partial charge in [-0.25, -0.2) is 4.79 Å². The summed E-state index contributed by atoms with van der Waals surface area (Å²) in [7, 11) is 0. The average Bonchev–Trinajstić information content (AvgIpc) is 2.83. The highest BCUT2D eigenvalue weighted by Gasteiger charge is 2.07. The molecule has 2 aromatic heterocycles. The van der Waals surface area contributed by atoms with Gasteiger partial charge in [-0.3, -0.25) is 0 Å². The molecule has 0 amide bonds. The van der Waals surface area contributed by atoms with Crippen molar-refractivity contribution < 1.29 is 14.3 Å². The summed E-state index contributed by atoms with van der Waals surface area (Å²) in [6.07, 6.45) is 0. The highest BCUT2D eigenvalue weighted by atomic mass is 32.2. The second-order valence-electron chi connectivity index (χ2n) is 3.25. The van der Waals surface area contributed by atoms with Gasteiger partial charge >= 0.3 is 5.97 Å². The Morgan fingerprint density at radius 1 is 1.56 bits per heavy atom. The average molecular weight is 254 g/mol. The zero-order valence-corrected chi connectivity index (χ0v) is 10.2. The van der Waals surface area contributed by atoms with Gasteiger partial charge in [-0.05, 0) is 25.1 Å². The first-order valence-corrected chi connectivity index (χ1v) is 6.51. The van der Waals surface area contributed by atoms with Crippen LogP contribution in [0.2, 0.25) is 0 Å². The molecule has 0 aliphatic heterocycles. The molecule has 0 saturated carbocycles. The fourth-order valence-corrected chi connectivity index (χ4v) is 2.99. The molecule has 0 atom stereocenters. The Hall–Kier alpha value is -1.20. The molecule has 0 aliphatic carbocycles. The highest BCUT2D eigenvalue weighted by molar-refractivity contribution is 7.98. The van der Waals surface area contributed by atoms with Crippen LogP contribution in [0.1, 0.15) is 21.2 Å². The maximum atomic E-state index is 10.7. The summed E-state index contributed by atoms with van der Waals surface area (Å²) in [5.74, 6) is 1.66. The molecule has 0 bridgehead atoms. The van der Waals surface area contributed by atoms with Gasteiger partial charge in [0.2, 0.25) is 0 Å². The minimum atomic E-state index is -0.870. The molecule has 0 radical (unpaired) electrons. The Morgan fingerprint density at radius 2 is 2.38 bits per heavy atom. The lowest BCUT2D eigenvalue weighted by molar-refractivity contribution is 0.0702. The van der Waals surface area contributed by atoms with Crippen molar-refractivity contribution in [3.63, 3.8) is 0 Å². The van der Waals surface area contributed by atoms with Crippen LogP contribution in [0.25, 0.3) is 0 Å². The molecule has 2 aromatic rings. The molecule has 2 rings (SSSR count). The topological polar surface area (TPSA) is 50.4 Å². The third-order valence-corrected chi connectivity index (χ3v) is 4.03. The molecular formula is C11H10O3S2. The van der Waals surface area contributed by atoms with Crippen LogP contribution in [0.5, 0.6) is 0 Å². The Bertz CT molecular complexity index is 499. The Morgan fingerprint density at radius 3 is 2.94 bits per heavy atom. The fraction of sp³-hybridized carbons (Fsp3) is 0.182. The van der Waals surface area contributed by atoms with Crippen LogP contribution in [-0.2, 0) is 5.75 Å². The van der Waals surface area contributed by atoms with E-state index in [1.165, 1.54) is 11.3 Å². The molecule has 0 aliphatic rings. The minimum absolute atomic E-state index is 0.373. The SMILES string of the molecule is Cc1ccc(CSc2csc(C(=O)O)c2)o1. The van der Waals surface area contributed by atoms with Crippen LogP contribution < -0.4 is 0 Å². The lowest BCUT2D eigenvalue weighted by atomic mass is 10.5. The van der Waals surface area contributed by atoms with E-state index in [2.05, 4.69) is 0 Å². The summed E-state index contributed by atoms with van der Waals surface area (Å²) in [5.41, 5.74) is 0. The molecule has 5 heteroatoms. The van der Waals surface area contributed by atoms with Crippen LogP contribution in [0.15, 0.2) is 32.9 Å². The lowest BCUT2D eigenvalue weighted by Crippen LogP contribution is -1.89. The van der Waals surface area contributed by atoms with Crippen molar-refractivity contribution in [1.29, 1.82) is 0 Å². The van der Waals surface area contributed by atoms with Crippen molar-refractivity contribution in [2.75, 3.05) is 0 Å². The summed E-state index contributed by atoms with van der Waals surface area (Å²) >= 11 is 2.83. The van der Waals surface area contributed by atoms with E-state index in [1.807, 2.05) is 24.4 Å². The van der Waals surface area contributed by atoms with Crippen molar-refractivity contribution in [3.8, 4) is 0 Å². The number of carboxylic acids is 1. The standard InChI is InChI=1S/C11H10O3S2/c1-7-2-3-8(14-7)5-15-9-4-10(11(12)13)16-6-9/h2-4,6H,5H2,1H3,(H,12,13). The van der Waals surface area contributed by atoms with Crippen LogP contribution in [0, 0.1) is 6.92 Å². The van der Waals surface area contributed by atoms with Gasteiger partial charge in [0.1, 0.15) is 16.4 Å². The van der Waals surface area contributed by atoms with Gasteiger partial charge in [0.25, 0.3) is 0 Å². The minimum Gasteiger partial charge on any atom is -0.477 e. The van der Waals surface area contributed by atoms with Crippen molar-refractivity contribution in [1.82, 2.24) is 0 Å². The van der Waals surface area contributed by atoms with Gasteiger partial charge in [-0.15, -0.1) is 23.1 Å². The van der Waals surface area contributed by atoms with Gasteiger partial charge in [0, 0.05) is 10.3 Å². The summed E-state index contributed by atoms with van der Waals surface area (Å²) < 4.78 is 5.43. The number of thiophene rings is 1. The molecule has 0 fully saturated rings. The summed E-state index contributed by atoms with van der Waals surface area (Å²) in [6, 6.07) is 5.55. The third-order valence-electron chi connectivity index (χ3n) is 1.96. The quantitative estimate of drug-likeness (QED) is 0.846. The van der Waals surface area contributed by atoms with E-state index in [0.717, 1.165) is 22.2 Å². The molecule has 16 heavy (non-hydrogen) atoms. The van der Waals surface area contributed by atoms with Crippen LogP contribution in [0.4, 0.5) is 0 Å². The molecule has 2 heterocycles. The van der Waals surface area contributed by atoms with Gasteiger partial charge < -0.3 is 9.52 Å². The van der Waals surface area contributed by atoms with E-state index in [4.69, 9.17) is 9.52 Å². The van der Waals surface area contributed by atoms with Crippen LogP contribution in [-0.4, -0.2) is 11.1 Å². The van der Waals surface area contributed by atoms with E-state index in [0.29, 0.717) is 4.88 Å². The second kappa shape index (κ2) is 4.76. The van der Waals surface area contributed by atoms with Crippen molar-refractivity contribution in [3.05, 3.63) is 40.0 Å². The van der Waals surface area contributed by atoms with Gasteiger partial charge in [-0.2, -0.15) is 0 Å². The maximum absolute atomic E-state index is 10.7. The second-order valence-corrected chi connectivity index (χ2v) is 5.21. The van der Waals surface area contributed by atoms with Gasteiger partial charge in [0.15, 0.2) is 0 Å². The third kappa shape index (κ3) is 2.68. The lowest BCUT2D eigenvalue weighted by Gasteiger charge is -1.94. The van der Waals surface area contributed by atoms with Crippen molar-refractivity contribution >= 4 is 29.1 Å². The van der Waals surface area contributed by atoms with Crippen LogP contribution >= 0.6 is 23.1 Å². The summed E-state index contributed by atoms with van der Waals surface area (Å²) in [6.45, 7) is 1.90. The molecule has 84 valence electrons. The van der Waals surface area contributed by atoms with E-state index in [1.54, 1.807) is 17.8 Å². The number of hydrogen-bond acceptors (Lipinski definition) is 4. The highest BCUT2D eigenvalue weighted by Crippen LogP contribution is 2.28. The summed E-state index contributed by atoms with van der Waals surface area (Å²) in [4.78, 5) is 12.0. The number of aromatic carboxylic acids is 1. The first kappa shape index (κ1) is 11.3. The number of hydrogen-bond donors (Lipinski definition) is 1. The number of rotatable bonds is 4. The molecule has 0 unspecified atom stereocenters. The zero-order valence-electron chi connectivity index (χ0n) is 8.60. The zero-order chi connectivity index (χ0) is 11.5. The molecule has 1 N–H and O–H groups in total. The van der Waals surface area contributed by atoms with E-state index < -0.39 is 5.97 Å². The number of thioether (sulfide) groups is 1. The number of carboxylic acid groups (broad SMARTS) is 1. The predicted molar refractivity (Wildman–Crippen MR) is 64.3 cm³/mol. The Labute approximate surface area is 101 Å². The molecule has 0 spiro atoms. The number of aryl methyl sites for hydroxylation is 1. The first-order chi connectivity index (χ1) is 7.65. The van der Waals surface area contributed by atoms with Crippen molar-refractivity contribution in [2.45, 2.75) is 17.6 Å². The number of carbonyl (C=O) groups is 1. The van der Waals surface area contributed by atoms with E-state index >= 15 is 0 Å². The Kier molecular flexibility index (Phi) is 3.36. The van der Waals surface area contributed by atoms with Gasteiger partial charge in [-0.1, -0.05) is 0 Å². The molecule has 0 saturated heterocycles. The van der Waals surface area contributed by atoms with Gasteiger partial charge in [0.05, 0.1) is 5.75 Å². The Balaban J connectivity index is 1.97. The number of furan rings is 1. The molecular weight excluding hydrogens is 244 g/mol. The smallest absolute Gasteiger partial charge is 0.345 e. The fourth-order valence-electron chi connectivity index (χ4n) is 1.22. The molecule has 0 aromatic carbocycles.